The fourth-order valence-electron chi connectivity index (χ4n) is 3.33. The Hall–Kier alpha value is -0.620. The van der Waals surface area contributed by atoms with Crippen LogP contribution in [0.5, 0.6) is 5.75 Å². The molecule has 0 bridgehead atoms. The van der Waals surface area contributed by atoms with Crippen molar-refractivity contribution >= 4 is 15.9 Å². The maximum Gasteiger partial charge on any atom is 0.123 e. The van der Waals surface area contributed by atoms with Gasteiger partial charge in [-0.1, -0.05) is 15.9 Å². The van der Waals surface area contributed by atoms with Crippen molar-refractivity contribution < 1.29 is 14.6 Å². The maximum absolute atomic E-state index is 9.39. The molecule has 2 aliphatic heterocycles. The van der Waals surface area contributed by atoms with Gasteiger partial charge in [0.2, 0.25) is 0 Å². The van der Waals surface area contributed by atoms with E-state index in [1.165, 1.54) is 5.56 Å². The molecule has 0 aromatic heterocycles. The van der Waals surface area contributed by atoms with Gasteiger partial charge in [-0.2, -0.15) is 0 Å². The van der Waals surface area contributed by atoms with Crippen LogP contribution in [0.1, 0.15) is 19.4 Å². The Morgan fingerprint density at radius 2 is 2.19 bits per heavy atom. The summed E-state index contributed by atoms with van der Waals surface area (Å²) >= 11 is 3.51. The first-order valence-corrected chi connectivity index (χ1v) is 8.20. The molecule has 1 aromatic rings. The number of benzene rings is 1. The summed E-state index contributed by atoms with van der Waals surface area (Å²) in [5.41, 5.74) is 1.04. The highest BCUT2D eigenvalue weighted by Crippen LogP contribution is 2.32. The van der Waals surface area contributed by atoms with Crippen molar-refractivity contribution in [2.24, 2.45) is 0 Å². The number of aliphatic hydroxyl groups is 1. The minimum absolute atomic E-state index is 0.0681. The van der Waals surface area contributed by atoms with Crippen LogP contribution in [0.25, 0.3) is 0 Å². The average molecular weight is 356 g/mol. The van der Waals surface area contributed by atoms with Gasteiger partial charge in [0.15, 0.2) is 0 Å². The van der Waals surface area contributed by atoms with Crippen LogP contribution in [-0.2, 0) is 11.2 Å². The number of nitrogens with zero attached hydrogens (tertiary/aromatic N) is 1. The van der Waals surface area contributed by atoms with Gasteiger partial charge in [0.25, 0.3) is 0 Å². The second-order valence-electron chi connectivity index (χ2n) is 6.57. The van der Waals surface area contributed by atoms with E-state index in [-0.39, 0.29) is 24.4 Å². The third-order valence-electron chi connectivity index (χ3n) is 3.98. The first kappa shape index (κ1) is 15.3. The number of rotatable bonds is 3. The normalized spacial score (nSPS) is 28.2. The number of morpholine rings is 1. The van der Waals surface area contributed by atoms with Gasteiger partial charge in [-0.3, -0.25) is 4.90 Å². The number of hydrogen-bond acceptors (Lipinski definition) is 4. The smallest absolute Gasteiger partial charge is 0.123 e. The van der Waals surface area contributed by atoms with E-state index in [9.17, 15) is 5.11 Å². The van der Waals surface area contributed by atoms with Crippen molar-refractivity contribution in [3.63, 3.8) is 0 Å². The van der Waals surface area contributed by atoms with Gasteiger partial charge in [0.1, 0.15) is 11.9 Å². The molecule has 1 aromatic carbocycles. The molecule has 4 nitrogen and oxygen atoms in total. The van der Waals surface area contributed by atoms with Crippen LogP contribution in [0, 0.1) is 0 Å². The van der Waals surface area contributed by atoms with Gasteiger partial charge in [-0.25, -0.2) is 0 Å². The minimum atomic E-state index is -0.222. The third-order valence-corrected chi connectivity index (χ3v) is 4.47. The van der Waals surface area contributed by atoms with E-state index in [1.807, 2.05) is 12.1 Å². The van der Waals surface area contributed by atoms with Crippen LogP contribution >= 0.6 is 15.9 Å². The molecule has 1 N–H and O–H groups in total. The van der Waals surface area contributed by atoms with Gasteiger partial charge >= 0.3 is 0 Å². The fraction of sp³-hybridized carbons (Fsp3) is 0.625. The summed E-state index contributed by atoms with van der Waals surface area (Å²) in [5.74, 6) is 0.995. The Morgan fingerprint density at radius 1 is 1.38 bits per heavy atom. The van der Waals surface area contributed by atoms with Crippen LogP contribution in [0.3, 0.4) is 0 Å². The first-order valence-electron chi connectivity index (χ1n) is 7.41. The fourth-order valence-corrected chi connectivity index (χ4v) is 3.74. The zero-order chi connectivity index (χ0) is 15.0. The summed E-state index contributed by atoms with van der Waals surface area (Å²) in [5, 5.41) is 9.39. The Bertz CT molecular complexity index is 520. The van der Waals surface area contributed by atoms with Gasteiger partial charge in [-0.05, 0) is 37.6 Å². The zero-order valence-electron chi connectivity index (χ0n) is 12.5. The lowest BCUT2D eigenvalue weighted by atomic mass is 10.0. The summed E-state index contributed by atoms with van der Waals surface area (Å²) in [7, 11) is 0. The number of ether oxygens (including phenoxy) is 2. The second-order valence-corrected chi connectivity index (χ2v) is 7.49. The lowest BCUT2D eigenvalue weighted by Gasteiger charge is -2.42. The van der Waals surface area contributed by atoms with Crippen LogP contribution in [0.2, 0.25) is 0 Å². The molecule has 0 saturated carbocycles. The lowest BCUT2D eigenvalue weighted by molar-refractivity contribution is -0.151. The minimum Gasteiger partial charge on any atom is -0.488 e. The molecule has 5 heteroatoms. The topological polar surface area (TPSA) is 41.9 Å². The predicted octanol–water partition coefficient (Wildman–Crippen LogP) is 2.22. The van der Waals surface area contributed by atoms with Crippen LogP contribution < -0.4 is 4.74 Å². The standard InChI is InChI=1S/C16H22BrNO3/c1-16(2)10-18(8-14(9-19)21-16)7-13-6-11-5-12(17)3-4-15(11)20-13/h3-5,13-14,19H,6-10H2,1-2H3. The monoisotopic (exact) mass is 355 g/mol. The summed E-state index contributed by atoms with van der Waals surface area (Å²) in [6.07, 6.45) is 1.02. The molecule has 1 fully saturated rings. The SMILES string of the molecule is CC1(C)CN(CC2Cc3cc(Br)ccc3O2)CC(CO)O1. The third kappa shape index (κ3) is 3.59. The van der Waals surface area contributed by atoms with Crippen LogP contribution in [0.15, 0.2) is 22.7 Å². The summed E-state index contributed by atoms with van der Waals surface area (Å²) in [6, 6.07) is 6.18. The average Bonchev–Trinajstić information content (AvgIpc) is 2.77. The molecule has 2 aliphatic rings. The Balaban J connectivity index is 1.63. The molecule has 0 amide bonds. The van der Waals surface area contributed by atoms with E-state index in [0.29, 0.717) is 0 Å². The van der Waals surface area contributed by atoms with Crippen molar-refractivity contribution in [1.29, 1.82) is 0 Å². The van der Waals surface area contributed by atoms with E-state index in [4.69, 9.17) is 9.47 Å². The number of hydrogen-bond donors (Lipinski definition) is 1. The molecule has 2 unspecified atom stereocenters. The highest BCUT2D eigenvalue weighted by molar-refractivity contribution is 9.10. The highest BCUT2D eigenvalue weighted by Gasteiger charge is 2.35. The summed E-state index contributed by atoms with van der Waals surface area (Å²) in [6.45, 7) is 6.71. The van der Waals surface area contributed by atoms with Crippen molar-refractivity contribution in [1.82, 2.24) is 4.90 Å². The molecule has 2 heterocycles. The van der Waals surface area contributed by atoms with E-state index in [1.54, 1.807) is 0 Å². The molecular weight excluding hydrogens is 334 g/mol. The van der Waals surface area contributed by atoms with Crippen LogP contribution in [0.4, 0.5) is 0 Å². The van der Waals surface area contributed by atoms with E-state index in [2.05, 4.69) is 40.7 Å². The van der Waals surface area contributed by atoms with Gasteiger partial charge in [-0.15, -0.1) is 0 Å². The summed E-state index contributed by atoms with van der Waals surface area (Å²) < 4.78 is 13.0. The predicted molar refractivity (Wildman–Crippen MR) is 84.7 cm³/mol. The molecule has 1 saturated heterocycles. The number of halogens is 1. The quantitative estimate of drug-likeness (QED) is 0.902. The zero-order valence-corrected chi connectivity index (χ0v) is 14.1. The van der Waals surface area contributed by atoms with Crippen molar-refractivity contribution in [3.05, 3.63) is 28.2 Å². The van der Waals surface area contributed by atoms with E-state index >= 15 is 0 Å². The Morgan fingerprint density at radius 3 is 2.95 bits per heavy atom. The van der Waals surface area contributed by atoms with E-state index < -0.39 is 0 Å². The Labute approximate surface area is 134 Å². The van der Waals surface area contributed by atoms with Crippen molar-refractivity contribution in [2.45, 2.75) is 38.1 Å². The van der Waals surface area contributed by atoms with Gasteiger partial charge in [0.05, 0.1) is 18.3 Å². The molecule has 0 aliphatic carbocycles. The van der Waals surface area contributed by atoms with E-state index in [0.717, 1.165) is 36.3 Å². The molecular formula is C16H22BrNO3. The largest absolute Gasteiger partial charge is 0.488 e. The molecule has 2 atom stereocenters. The Kier molecular flexibility index (Phi) is 4.28. The molecule has 3 rings (SSSR count). The maximum atomic E-state index is 9.39. The second kappa shape index (κ2) is 5.88. The number of aliphatic hydroxyl groups excluding tert-OH is 1. The first-order chi connectivity index (χ1) is 9.95. The molecule has 21 heavy (non-hydrogen) atoms. The molecule has 0 radical (unpaired) electrons. The van der Waals surface area contributed by atoms with Gasteiger partial charge < -0.3 is 14.6 Å². The molecule has 0 spiro atoms. The van der Waals surface area contributed by atoms with Gasteiger partial charge in [0, 0.05) is 30.5 Å². The van der Waals surface area contributed by atoms with Crippen LogP contribution in [-0.4, -0.2) is 54.1 Å². The highest BCUT2D eigenvalue weighted by atomic mass is 79.9. The number of fused-ring (bicyclic) bond motifs is 1. The molecule has 116 valence electrons. The lowest BCUT2D eigenvalue weighted by Crippen LogP contribution is -2.55. The van der Waals surface area contributed by atoms with Crippen molar-refractivity contribution in [2.75, 3.05) is 26.2 Å². The summed E-state index contributed by atoms with van der Waals surface area (Å²) in [4.78, 5) is 2.34. The van der Waals surface area contributed by atoms with Crippen molar-refractivity contribution in [3.8, 4) is 5.75 Å².